The van der Waals surface area contributed by atoms with Crippen molar-refractivity contribution in [2.24, 2.45) is 7.05 Å². The maximum absolute atomic E-state index is 12.9. The van der Waals surface area contributed by atoms with E-state index in [1.807, 2.05) is 29.8 Å². The van der Waals surface area contributed by atoms with Crippen molar-refractivity contribution in [2.75, 3.05) is 13.6 Å². The number of nitrogens with zero attached hydrogens (tertiary/aromatic N) is 3. The summed E-state index contributed by atoms with van der Waals surface area (Å²) in [6.45, 7) is 0.914. The second kappa shape index (κ2) is 6.30. The Morgan fingerprint density at radius 3 is 2.57 bits per heavy atom. The number of alkyl halides is 3. The molecule has 3 nitrogen and oxygen atoms in total. The van der Waals surface area contributed by atoms with Gasteiger partial charge >= 0.3 is 6.18 Å². The summed E-state index contributed by atoms with van der Waals surface area (Å²) in [5.74, 6) is 0.922. The Hall–Kier alpha value is -1.82. The molecule has 0 radical (unpaired) electrons. The van der Waals surface area contributed by atoms with E-state index in [1.54, 1.807) is 12.3 Å². The Bertz CT molecular complexity index is 590. The predicted molar refractivity (Wildman–Crippen MR) is 74.7 cm³/mol. The quantitative estimate of drug-likeness (QED) is 0.845. The van der Waals surface area contributed by atoms with E-state index >= 15 is 0 Å². The molecule has 0 amide bonds. The number of hydrogen-bond donors (Lipinski definition) is 0. The second-order valence-corrected chi connectivity index (χ2v) is 5.10. The van der Waals surface area contributed by atoms with Crippen LogP contribution in [0.4, 0.5) is 13.2 Å². The van der Waals surface area contributed by atoms with Gasteiger partial charge < -0.3 is 9.47 Å². The van der Waals surface area contributed by atoms with E-state index in [-0.39, 0.29) is 6.54 Å². The van der Waals surface area contributed by atoms with Gasteiger partial charge in [0.2, 0.25) is 0 Å². The maximum atomic E-state index is 12.9. The number of hydrogen-bond acceptors (Lipinski definition) is 2. The summed E-state index contributed by atoms with van der Waals surface area (Å²) in [7, 11) is 3.72. The number of benzene rings is 1. The average Bonchev–Trinajstić information content (AvgIpc) is 2.81. The fraction of sp³-hybridized carbons (Fsp3) is 0.400. The van der Waals surface area contributed by atoms with Crippen molar-refractivity contribution in [2.45, 2.75) is 19.1 Å². The van der Waals surface area contributed by atoms with Crippen LogP contribution in [-0.4, -0.2) is 28.0 Å². The molecule has 21 heavy (non-hydrogen) atoms. The van der Waals surface area contributed by atoms with Crippen LogP contribution in [0.3, 0.4) is 0 Å². The zero-order valence-electron chi connectivity index (χ0n) is 12.1. The first-order valence-electron chi connectivity index (χ1n) is 6.68. The topological polar surface area (TPSA) is 21.1 Å². The molecule has 0 unspecified atom stereocenters. The molecule has 0 spiro atoms. The van der Waals surface area contributed by atoms with Crippen LogP contribution in [0.25, 0.3) is 0 Å². The summed E-state index contributed by atoms with van der Waals surface area (Å²) in [5.41, 5.74) is -0.263. The lowest BCUT2D eigenvalue weighted by atomic mass is 10.1. The highest BCUT2D eigenvalue weighted by Gasteiger charge is 2.32. The van der Waals surface area contributed by atoms with Crippen LogP contribution in [0.2, 0.25) is 0 Å². The lowest BCUT2D eigenvalue weighted by molar-refractivity contribution is -0.138. The molecule has 0 aliphatic carbocycles. The number of halogens is 3. The molecule has 0 bridgehead atoms. The van der Waals surface area contributed by atoms with E-state index in [0.717, 1.165) is 11.9 Å². The van der Waals surface area contributed by atoms with Crippen molar-refractivity contribution in [3.63, 3.8) is 0 Å². The first kappa shape index (κ1) is 15.6. The number of imidazole rings is 1. The number of aryl methyl sites for hydroxylation is 1. The van der Waals surface area contributed by atoms with Gasteiger partial charge in [0, 0.05) is 39.0 Å². The minimum absolute atomic E-state index is 0.264. The van der Waals surface area contributed by atoms with Crippen LogP contribution in [0, 0.1) is 0 Å². The minimum Gasteiger partial charge on any atom is -0.338 e. The molecule has 0 saturated heterocycles. The number of aromatic nitrogens is 2. The molecular weight excluding hydrogens is 279 g/mol. The summed E-state index contributed by atoms with van der Waals surface area (Å²) >= 11 is 0. The van der Waals surface area contributed by atoms with Gasteiger partial charge in [-0.25, -0.2) is 4.98 Å². The largest absolute Gasteiger partial charge is 0.416 e. The molecule has 0 N–H and O–H groups in total. The average molecular weight is 297 g/mol. The third-order valence-corrected chi connectivity index (χ3v) is 3.40. The summed E-state index contributed by atoms with van der Waals surface area (Å²) in [5, 5.41) is 0. The second-order valence-electron chi connectivity index (χ2n) is 5.10. The van der Waals surface area contributed by atoms with Crippen LogP contribution >= 0.6 is 0 Å². The Labute approximate surface area is 122 Å². The van der Waals surface area contributed by atoms with Crippen molar-refractivity contribution in [3.05, 3.63) is 53.6 Å². The van der Waals surface area contributed by atoms with Gasteiger partial charge in [0.15, 0.2) is 0 Å². The van der Waals surface area contributed by atoms with E-state index in [4.69, 9.17) is 0 Å². The van der Waals surface area contributed by atoms with E-state index in [1.165, 1.54) is 12.1 Å². The van der Waals surface area contributed by atoms with Crippen molar-refractivity contribution in [1.82, 2.24) is 14.5 Å². The molecule has 6 heteroatoms. The molecule has 0 atom stereocenters. The fourth-order valence-electron chi connectivity index (χ4n) is 2.23. The molecule has 1 aromatic carbocycles. The molecule has 1 aromatic heterocycles. The Morgan fingerprint density at radius 2 is 1.95 bits per heavy atom. The highest BCUT2D eigenvalue weighted by atomic mass is 19.4. The summed E-state index contributed by atoms with van der Waals surface area (Å²) < 4.78 is 40.7. The summed E-state index contributed by atoms with van der Waals surface area (Å²) in [6, 6.07) is 5.71. The van der Waals surface area contributed by atoms with E-state index in [2.05, 4.69) is 4.98 Å². The lowest BCUT2D eigenvalue weighted by Gasteiger charge is -2.19. The van der Waals surface area contributed by atoms with Crippen LogP contribution in [-0.2, 0) is 26.2 Å². The molecule has 2 aromatic rings. The van der Waals surface area contributed by atoms with Crippen molar-refractivity contribution >= 4 is 0 Å². The van der Waals surface area contributed by atoms with Crippen molar-refractivity contribution in [3.8, 4) is 0 Å². The molecular formula is C15H18F3N3. The maximum Gasteiger partial charge on any atom is 0.416 e. The van der Waals surface area contributed by atoms with E-state index in [9.17, 15) is 13.2 Å². The standard InChI is InChI=1S/C15H18F3N3/c1-20(9-7-14-19-8-10-21(14)2)11-12-5-3-4-6-13(12)15(16,17)18/h3-6,8,10H,7,9,11H2,1-2H3. The molecule has 0 aliphatic heterocycles. The van der Waals surface area contributed by atoms with Crippen molar-refractivity contribution in [1.29, 1.82) is 0 Å². The van der Waals surface area contributed by atoms with Crippen molar-refractivity contribution < 1.29 is 13.2 Å². The minimum atomic E-state index is -4.31. The van der Waals surface area contributed by atoms with Gasteiger partial charge in [-0.1, -0.05) is 18.2 Å². The number of rotatable bonds is 5. The smallest absolute Gasteiger partial charge is 0.338 e. The first-order chi connectivity index (χ1) is 9.88. The fourth-order valence-corrected chi connectivity index (χ4v) is 2.23. The van der Waals surface area contributed by atoms with Gasteiger partial charge in [-0.05, 0) is 18.7 Å². The zero-order chi connectivity index (χ0) is 15.5. The van der Waals surface area contributed by atoms with E-state index in [0.29, 0.717) is 18.5 Å². The lowest BCUT2D eigenvalue weighted by Crippen LogP contribution is -2.23. The Balaban J connectivity index is 2.00. The van der Waals surface area contributed by atoms with E-state index < -0.39 is 11.7 Å². The van der Waals surface area contributed by atoms with Crippen LogP contribution in [0.15, 0.2) is 36.7 Å². The van der Waals surface area contributed by atoms with Gasteiger partial charge in [-0.2, -0.15) is 13.2 Å². The van der Waals surface area contributed by atoms with Gasteiger partial charge in [0.05, 0.1) is 5.56 Å². The van der Waals surface area contributed by atoms with Gasteiger partial charge in [-0.15, -0.1) is 0 Å². The molecule has 0 aliphatic rings. The molecule has 0 saturated carbocycles. The summed E-state index contributed by atoms with van der Waals surface area (Å²) in [4.78, 5) is 6.08. The normalized spacial score (nSPS) is 12.1. The van der Waals surface area contributed by atoms with Gasteiger partial charge in [0.25, 0.3) is 0 Å². The molecule has 2 rings (SSSR count). The molecule has 114 valence electrons. The molecule has 1 heterocycles. The zero-order valence-corrected chi connectivity index (χ0v) is 12.1. The van der Waals surface area contributed by atoms with Crippen LogP contribution < -0.4 is 0 Å². The molecule has 0 fully saturated rings. The predicted octanol–water partition coefficient (Wildman–Crippen LogP) is 3.11. The Morgan fingerprint density at radius 1 is 1.24 bits per heavy atom. The van der Waals surface area contributed by atoms with Crippen LogP contribution in [0.1, 0.15) is 17.0 Å². The van der Waals surface area contributed by atoms with Gasteiger partial charge in [0.1, 0.15) is 5.82 Å². The first-order valence-corrected chi connectivity index (χ1v) is 6.68. The van der Waals surface area contributed by atoms with Crippen LogP contribution in [0.5, 0.6) is 0 Å². The Kier molecular flexibility index (Phi) is 4.67. The highest BCUT2D eigenvalue weighted by molar-refractivity contribution is 5.29. The third-order valence-electron chi connectivity index (χ3n) is 3.40. The SMILES string of the molecule is CN(CCc1nccn1C)Cc1ccccc1C(F)(F)F. The number of likely N-dealkylation sites (N-methyl/N-ethyl adjacent to an activating group) is 1. The highest BCUT2D eigenvalue weighted by Crippen LogP contribution is 2.32. The third kappa shape index (κ3) is 4.07. The summed E-state index contributed by atoms with van der Waals surface area (Å²) in [6.07, 6.45) is -0.0339. The van der Waals surface area contributed by atoms with Gasteiger partial charge in [-0.3, -0.25) is 0 Å². The monoisotopic (exact) mass is 297 g/mol.